The predicted octanol–water partition coefficient (Wildman–Crippen LogP) is -0.284. The van der Waals surface area contributed by atoms with Crippen LogP contribution in [0.4, 0.5) is 0 Å². The van der Waals surface area contributed by atoms with Gasteiger partial charge in [-0.05, 0) is 6.42 Å². The molecule has 1 aliphatic rings. The van der Waals surface area contributed by atoms with Gasteiger partial charge in [-0.25, -0.2) is 0 Å². The minimum absolute atomic E-state index is 0.0833. The molecule has 0 spiro atoms. The summed E-state index contributed by atoms with van der Waals surface area (Å²) in [6.07, 6.45) is 0.990. The molecule has 2 heteroatoms. The normalized spacial score (nSPS) is 49.3. The molecule has 42 valence electrons. The number of aliphatic hydroxyl groups is 1. The Morgan fingerprint density at radius 2 is 2.43 bits per heavy atom. The van der Waals surface area contributed by atoms with Crippen molar-refractivity contribution in [3.8, 4) is 0 Å². The van der Waals surface area contributed by atoms with Crippen LogP contribution in [-0.2, 0) is 0 Å². The Kier molecular flexibility index (Phi) is 0.869. The molecule has 0 aromatic rings. The van der Waals surface area contributed by atoms with E-state index in [-0.39, 0.29) is 18.1 Å². The second-order valence-electron chi connectivity index (χ2n) is 2.62. The third kappa shape index (κ3) is 0.640. The highest BCUT2D eigenvalue weighted by Gasteiger charge is 2.46. The van der Waals surface area contributed by atoms with E-state index in [9.17, 15) is 0 Å². The highest BCUT2D eigenvalue weighted by atomic mass is 16.3. The van der Waals surface area contributed by atoms with Gasteiger partial charge >= 0.3 is 0 Å². The fraction of sp³-hybridized carbons (Fsp3) is 1.00. The van der Waals surface area contributed by atoms with Crippen LogP contribution >= 0.6 is 0 Å². The molecule has 0 aromatic heterocycles. The van der Waals surface area contributed by atoms with Gasteiger partial charge in [-0.15, -0.1) is 0 Å². The van der Waals surface area contributed by atoms with Gasteiger partial charge in [0.15, 0.2) is 0 Å². The summed E-state index contributed by atoms with van der Waals surface area (Å²) in [5, 5.41) is 8.56. The van der Waals surface area contributed by atoms with Crippen LogP contribution in [0, 0.1) is 5.41 Å². The molecule has 0 heterocycles. The Bertz CT molecular complexity index is 80.1. The first kappa shape index (κ1) is 5.06. The van der Waals surface area contributed by atoms with E-state index in [2.05, 4.69) is 0 Å². The molecule has 0 aliphatic heterocycles. The van der Waals surface area contributed by atoms with Gasteiger partial charge in [0.1, 0.15) is 0 Å². The molecule has 0 aromatic carbocycles. The van der Waals surface area contributed by atoms with Crippen LogP contribution in [0.1, 0.15) is 13.3 Å². The van der Waals surface area contributed by atoms with Crippen molar-refractivity contribution in [2.45, 2.75) is 19.4 Å². The van der Waals surface area contributed by atoms with Crippen molar-refractivity contribution >= 4 is 0 Å². The van der Waals surface area contributed by atoms with Crippen LogP contribution in [0.25, 0.3) is 0 Å². The number of hydrogen-bond acceptors (Lipinski definition) is 2. The molecule has 1 saturated carbocycles. The summed E-state index contributed by atoms with van der Waals surface area (Å²) in [6.45, 7) is 2.24. The zero-order valence-corrected chi connectivity index (χ0v) is 4.52. The zero-order chi connectivity index (χ0) is 5.49. The molecule has 1 rings (SSSR count). The van der Waals surface area contributed by atoms with E-state index in [1.54, 1.807) is 0 Å². The standard InChI is InChI=1S/C5H11NO/c1-5(3-7)2-4(5)6/h4,7H,2-3,6H2,1H3/t4-,5-/m0/s1. The van der Waals surface area contributed by atoms with E-state index in [1.807, 2.05) is 6.92 Å². The number of nitrogens with two attached hydrogens (primary N) is 1. The zero-order valence-electron chi connectivity index (χ0n) is 4.52. The van der Waals surface area contributed by atoms with E-state index in [4.69, 9.17) is 10.8 Å². The summed E-state index contributed by atoms with van der Waals surface area (Å²) in [4.78, 5) is 0. The van der Waals surface area contributed by atoms with E-state index in [1.165, 1.54) is 0 Å². The van der Waals surface area contributed by atoms with Crippen molar-refractivity contribution in [3.63, 3.8) is 0 Å². The quantitative estimate of drug-likeness (QED) is 0.477. The van der Waals surface area contributed by atoms with Crippen LogP contribution in [0.15, 0.2) is 0 Å². The van der Waals surface area contributed by atoms with Gasteiger partial charge < -0.3 is 10.8 Å². The summed E-state index contributed by atoms with van der Waals surface area (Å²) in [5.74, 6) is 0. The summed E-state index contributed by atoms with van der Waals surface area (Å²) in [6, 6.07) is 0.262. The van der Waals surface area contributed by atoms with E-state index >= 15 is 0 Å². The van der Waals surface area contributed by atoms with Crippen LogP contribution < -0.4 is 5.73 Å². The molecule has 7 heavy (non-hydrogen) atoms. The summed E-state index contributed by atoms with van der Waals surface area (Å²) in [5.41, 5.74) is 5.53. The molecule has 3 N–H and O–H groups in total. The molecule has 0 saturated heterocycles. The summed E-state index contributed by atoms with van der Waals surface area (Å²) >= 11 is 0. The topological polar surface area (TPSA) is 46.2 Å². The Balaban J connectivity index is 2.36. The highest BCUT2D eigenvalue weighted by molar-refractivity contribution is 5.01. The average molecular weight is 101 g/mol. The predicted molar refractivity (Wildman–Crippen MR) is 27.8 cm³/mol. The molecule has 0 radical (unpaired) electrons. The van der Waals surface area contributed by atoms with Gasteiger partial charge in [0, 0.05) is 18.1 Å². The molecule has 1 fully saturated rings. The number of hydrogen-bond donors (Lipinski definition) is 2. The summed E-state index contributed by atoms with van der Waals surface area (Å²) in [7, 11) is 0. The molecular formula is C5H11NO. The third-order valence-electron chi connectivity index (χ3n) is 1.78. The lowest BCUT2D eigenvalue weighted by Gasteiger charge is -1.99. The Morgan fingerprint density at radius 3 is 2.43 bits per heavy atom. The van der Waals surface area contributed by atoms with Crippen LogP contribution in [0.3, 0.4) is 0 Å². The first-order valence-electron chi connectivity index (χ1n) is 2.55. The van der Waals surface area contributed by atoms with E-state index in [0.717, 1.165) is 6.42 Å². The second kappa shape index (κ2) is 1.20. The maximum absolute atomic E-state index is 8.56. The smallest absolute Gasteiger partial charge is 0.0500 e. The Hall–Kier alpha value is -0.0800. The third-order valence-corrected chi connectivity index (χ3v) is 1.78. The lowest BCUT2D eigenvalue weighted by Crippen LogP contribution is -2.13. The first-order valence-corrected chi connectivity index (χ1v) is 2.55. The average Bonchev–Trinajstić information content (AvgIpc) is 2.18. The molecular weight excluding hydrogens is 90.1 g/mol. The highest BCUT2D eigenvalue weighted by Crippen LogP contribution is 2.42. The monoisotopic (exact) mass is 101 g/mol. The maximum Gasteiger partial charge on any atom is 0.0500 e. The molecule has 0 bridgehead atoms. The lowest BCUT2D eigenvalue weighted by atomic mass is 10.1. The fourth-order valence-electron chi connectivity index (χ4n) is 0.625. The largest absolute Gasteiger partial charge is 0.396 e. The van der Waals surface area contributed by atoms with Gasteiger partial charge in [-0.1, -0.05) is 6.92 Å². The minimum Gasteiger partial charge on any atom is -0.396 e. The fourth-order valence-corrected chi connectivity index (χ4v) is 0.625. The number of rotatable bonds is 1. The SMILES string of the molecule is C[C@@]1(CO)C[C@@H]1N. The minimum atomic E-state index is 0.0833. The first-order chi connectivity index (χ1) is 3.19. The maximum atomic E-state index is 8.56. The van der Waals surface area contributed by atoms with Crippen molar-refractivity contribution in [1.29, 1.82) is 0 Å². The molecule has 2 nitrogen and oxygen atoms in total. The summed E-state index contributed by atoms with van der Waals surface area (Å²) < 4.78 is 0. The Morgan fingerprint density at radius 1 is 2.00 bits per heavy atom. The van der Waals surface area contributed by atoms with Gasteiger partial charge in [-0.2, -0.15) is 0 Å². The van der Waals surface area contributed by atoms with Gasteiger partial charge in [-0.3, -0.25) is 0 Å². The van der Waals surface area contributed by atoms with Gasteiger partial charge in [0.2, 0.25) is 0 Å². The van der Waals surface area contributed by atoms with E-state index < -0.39 is 0 Å². The molecule has 1 aliphatic carbocycles. The van der Waals surface area contributed by atoms with Crippen molar-refractivity contribution in [2.75, 3.05) is 6.61 Å². The molecule has 0 amide bonds. The van der Waals surface area contributed by atoms with Crippen LogP contribution in [0.2, 0.25) is 0 Å². The van der Waals surface area contributed by atoms with Gasteiger partial charge in [0.25, 0.3) is 0 Å². The van der Waals surface area contributed by atoms with Crippen molar-refractivity contribution in [2.24, 2.45) is 11.1 Å². The lowest BCUT2D eigenvalue weighted by molar-refractivity contribution is 0.220. The van der Waals surface area contributed by atoms with Crippen molar-refractivity contribution < 1.29 is 5.11 Å². The number of aliphatic hydroxyl groups excluding tert-OH is 1. The second-order valence-corrected chi connectivity index (χ2v) is 2.62. The van der Waals surface area contributed by atoms with Crippen molar-refractivity contribution in [3.05, 3.63) is 0 Å². The van der Waals surface area contributed by atoms with E-state index in [0.29, 0.717) is 0 Å². The molecule has 2 atom stereocenters. The Labute approximate surface area is 43.3 Å². The van der Waals surface area contributed by atoms with Gasteiger partial charge in [0.05, 0.1) is 0 Å². The molecule has 0 unspecified atom stereocenters. The van der Waals surface area contributed by atoms with Crippen LogP contribution in [-0.4, -0.2) is 17.8 Å². The van der Waals surface area contributed by atoms with Crippen molar-refractivity contribution in [1.82, 2.24) is 0 Å². The van der Waals surface area contributed by atoms with Crippen LogP contribution in [0.5, 0.6) is 0 Å².